The van der Waals surface area contributed by atoms with Crippen molar-refractivity contribution in [1.29, 1.82) is 0 Å². The smallest absolute Gasteiger partial charge is 0.332 e. The van der Waals surface area contributed by atoms with Gasteiger partial charge in [-0.25, -0.2) is 0 Å². The summed E-state index contributed by atoms with van der Waals surface area (Å²) in [6, 6.07) is 14.7. The first-order valence-electron chi connectivity index (χ1n) is 8.56. The number of rotatable bonds is 4. The summed E-state index contributed by atoms with van der Waals surface area (Å²) in [5, 5.41) is 10.1. The Balaban J connectivity index is 1.71. The van der Waals surface area contributed by atoms with Crippen molar-refractivity contribution in [3.63, 3.8) is 0 Å². The molecule has 0 saturated carbocycles. The van der Waals surface area contributed by atoms with E-state index in [-0.39, 0.29) is 10.8 Å². The fourth-order valence-electron chi connectivity index (χ4n) is 2.88. The van der Waals surface area contributed by atoms with Crippen LogP contribution in [0.25, 0.3) is 0 Å². The first kappa shape index (κ1) is 19.9. The minimum atomic E-state index is -4.46. The molecule has 2 aromatic carbocycles. The molecule has 0 radical (unpaired) electrons. The zero-order chi connectivity index (χ0) is 20.3. The number of benzene rings is 2. The highest BCUT2D eigenvalue weighted by atomic mass is 32.1. The molecule has 0 bridgehead atoms. The van der Waals surface area contributed by atoms with E-state index < -0.39 is 11.7 Å². The zero-order valence-corrected chi connectivity index (χ0v) is 16.2. The van der Waals surface area contributed by atoms with Gasteiger partial charge in [0.2, 0.25) is 0 Å². The van der Waals surface area contributed by atoms with Crippen LogP contribution in [0.4, 0.5) is 24.5 Å². The lowest BCUT2D eigenvalue weighted by atomic mass is 10.1. The molecule has 2 N–H and O–H groups in total. The Morgan fingerprint density at radius 2 is 1.79 bits per heavy atom. The Labute approximate surface area is 166 Å². The minimum absolute atomic E-state index is 0.0833. The number of hydrogen-bond acceptors (Lipinski definition) is 2. The maximum absolute atomic E-state index is 13.1. The number of aryl methyl sites for hydroxylation is 2. The Kier molecular flexibility index (Phi) is 5.69. The molecule has 1 aromatic heterocycles. The van der Waals surface area contributed by atoms with E-state index in [1.165, 1.54) is 18.2 Å². The molecule has 0 aliphatic rings. The Bertz CT molecular complexity index is 995. The second-order valence-corrected chi connectivity index (χ2v) is 6.82. The van der Waals surface area contributed by atoms with Crippen LogP contribution in [0.15, 0.2) is 54.6 Å². The van der Waals surface area contributed by atoms with E-state index in [4.69, 9.17) is 12.2 Å². The van der Waals surface area contributed by atoms with Gasteiger partial charge in [0.15, 0.2) is 5.11 Å². The lowest BCUT2D eigenvalue weighted by molar-refractivity contribution is -0.136. The molecule has 146 valence electrons. The van der Waals surface area contributed by atoms with E-state index in [0.717, 1.165) is 23.0 Å². The van der Waals surface area contributed by atoms with E-state index >= 15 is 0 Å². The fraction of sp³-hybridized carbons (Fsp3) is 0.200. The summed E-state index contributed by atoms with van der Waals surface area (Å²) in [7, 11) is 0. The molecule has 1 heterocycles. The minimum Gasteiger partial charge on any atom is -0.332 e. The topological polar surface area (TPSA) is 41.9 Å². The molecule has 0 saturated heterocycles. The number of thiocarbonyl (C=S) groups is 1. The van der Waals surface area contributed by atoms with Gasteiger partial charge in [-0.3, -0.25) is 4.68 Å². The van der Waals surface area contributed by atoms with Gasteiger partial charge in [-0.2, -0.15) is 18.3 Å². The van der Waals surface area contributed by atoms with Gasteiger partial charge in [0.1, 0.15) is 0 Å². The van der Waals surface area contributed by atoms with Crippen molar-refractivity contribution in [2.75, 3.05) is 10.6 Å². The number of hydrogen-bond donors (Lipinski definition) is 2. The van der Waals surface area contributed by atoms with Gasteiger partial charge >= 0.3 is 6.18 Å². The van der Waals surface area contributed by atoms with E-state index in [1.54, 1.807) is 6.07 Å². The molecule has 0 spiro atoms. The molecule has 28 heavy (non-hydrogen) atoms. The second-order valence-electron chi connectivity index (χ2n) is 6.41. The van der Waals surface area contributed by atoms with Gasteiger partial charge in [0.05, 0.1) is 23.5 Å². The standard InChI is InChI=1S/C20H19F3N4S/c1-13-10-14(2)27(26-13)12-15-6-5-7-16(11-15)24-19(28)25-18-9-4-3-8-17(18)20(21,22)23/h3-11H,12H2,1-2H3,(H2,24,25,28). The molecule has 0 unspecified atom stereocenters. The second kappa shape index (κ2) is 8.02. The van der Waals surface area contributed by atoms with Gasteiger partial charge in [-0.15, -0.1) is 0 Å². The van der Waals surface area contributed by atoms with Crippen LogP contribution in [-0.2, 0) is 12.7 Å². The number of aromatic nitrogens is 2. The largest absolute Gasteiger partial charge is 0.418 e. The molecule has 0 fully saturated rings. The van der Waals surface area contributed by atoms with Crippen LogP contribution in [0.3, 0.4) is 0 Å². The Morgan fingerprint density at radius 1 is 1.04 bits per heavy atom. The maximum atomic E-state index is 13.1. The van der Waals surface area contributed by atoms with E-state index in [9.17, 15) is 13.2 Å². The van der Waals surface area contributed by atoms with E-state index in [2.05, 4.69) is 15.7 Å². The number of alkyl halides is 3. The van der Waals surface area contributed by atoms with Crippen molar-refractivity contribution >= 4 is 28.7 Å². The zero-order valence-electron chi connectivity index (χ0n) is 15.3. The van der Waals surface area contributed by atoms with Gasteiger partial charge in [-0.1, -0.05) is 24.3 Å². The van der Waals surface area contributed by atoms with Crippen molar-refractivity contribution in [3.05, 3.63) is 77.1 Å². The van der Waals surface area contributed by atoms with Crippen molar-refractivity contribution < 1.29 is 13.2 Å². The molecule has 0 aliphatic carbocycles. The van der Waals surface area contributed by atoms with Gasteiger partial charge in [0, 0.05) is 11.4 Å². The average Bonchev–Trinajstić information content (AvgIpc) is 2.91. The summed E-state index contributed by atoms with van der Waals surface area (Å²) in [5.41, 5.74) is 2.82. The molecule has 8 heteroatoms. The monoisotopic (exact) mass is 404 g/mol. The first-order valence-corrected chi connectivity index (χ1v) is 8.97. The number of nitrogens with zero attached hydrogens (tertiary/aromatic N) is 2. The summed E-state index contributed by atoms with van der Waals surface area (Å²) in [6.45, 7) is 4.51. The van der Waals surface area contributed by atoms with Crippen molar-refractivity contribution in [1.82, 2.24) is 9.78 Å². The summed E-state index contributed by atoms with van der Waals surface area (Å²) in [5.74, 6) is 0. The number of para-hydroxylation sites is 1. The van der Waals surface area contributed by atoms with Gasteiger partial charge in [-0.05, 0) is 62.0 Å². The van der Waals surface area contributed by atoms with Crippen molar-refractivity contribution in [2.45, 2.75) is 26.6 Å². The Hall–Kier alpha value is -2.87. The highest BCUT2D eigenvalue weighted by Crippen LogP contribution is 2.34. The molecule has 4 nitrogen and oxygen atoms in total. The van der Waals surface area contributed by atoms with E-state index in [0.29, 0.717) is 12.2 Å². The fourth-order valence-corrected chi connectivity index (χ4v) is 3.11. The molecule has 3 aromatic rings. The molecule has 0 amide bonds. The highest BCUT2D eigenvalue weighted by molar-refractivity contribution is 7.80. The predicted octanol–water partition coefficient (Wildman–Crippen LogP) is 5.38. The van der Waals surface area contributed by atoms with Crippen LogP contribution in [0.1, 0.15) is 22.5 Å². The summed E-state index contributed by atoms with van der Waals surface area (Å²) in [6.07, 6.45) is -4.46. The molecule has 0 atom stereocenters. The lowest BCUT2D eigenvalue weighted by Crippen LogP contribution is -2.21. The van der Waals surface area contributed by atoms with Crippen LogP contribution >= 0.6 is 12.2 Å². The number of anilines is 2. The van der Waals surface area contributed by atoms with Gasteiger partial charge in [0.25, 0.3) is 0 Å². The summed E-state index contributed by atoms with van der Waals surface area (Å²) in [4.78, 5) is 0. The number of halogens is 3. The predicted molar refractivity (Wildman–Crippen MR) is 109 cm³/mol. The quantitative estimate of drug-likeness (QED) is 0.573. The first-order chi connectivity index (χ1) is 13.2. The summed E-state index contributed by atoms with van der Waals surface area (Å²) < 4.78 is 41.2. The molecule has 3 rings (SSSR count). The summed E-state index contributed by atoms with van der Waals surface area (Å²) >= 11 is 5.19. The maximum Gasteiger partial charge on any atom is 0.418 e. The molecule has 0 aliphatic heterocycles. The van der Waals surface area contributed by atoms with Crippen LogP contribution in [-0.4, -0.2) is 14.9 Å². The van der Waals surface area contributed by atoms with E-state index in [1.807, 2.05) is 42.8 Å². The van der Waals surface area contributed by atoms with Crippen LogP contribution < -0.4 is 10.6 Å². The normalized spacial score (nSPS) is 11.3. The van der Waals surface area contributed by atoms with Gasteiger partial charge < -0.3 is 10.6 Å². The Morgan fingerprint density at radius 3 is 2.46 bits per heavy atom. The average molecular weight is 404 g/mol. The molecular formula is C20H19F3N4S. The number of nitrogens with one attached hydrogen (secondary N) is 2. The highest BCUT2D eigenvalue weighted by Gasteiger charge is 2.33. The van der Waals surface area contributed by atoms with Crippen LogP contribution in [0.2, 0.25) is 0 Å². The van der Waals surface area contributed by atoms with Crippen LogP contribution in [0, 0.1) is 13.8 Å². The third-order valence-corrected chi connectivity index (χ3v) is 4.31. The third kappa shape index (κ3) is 4.89. The lowest BCUT2D eigenvalue weighted by Gasteiger charge is -2.16. The van der Waals surface area contributed by atoms with Crippen molar-refractivity contribution in [2.24, 2.45) is 0 Å². The van der Waals surface area contributed by atoms with Crippen LogP contribution in [0.5, 0.6) is 0 Å². The van der Waals surface area contributed by atoms with Crippen molar-refractivity contribution in [3.8, 4) is 0 Å². The third-order valence-electron chi connectivity index (χ3n) is 4.10. The SMILES string of the molecule is Cc1cc(C)n(Cc2cccc(NC(=S)Nc3ccccc3C(F)(F)F)c2)n1. The molecular weight excluding hydrogens is 385 g/mol.